The number of aliphatic hydroxyl groups excluding tert-OH is 1. The van der Waals surface area contributed by atoms with Crippen LogP contribution in [0.5, 0.6) is 0 Å². The van der Waals surface area contributed by atoms with E-state index in [2.05, 4.69) is 75.9 Å². The summed E-state index contributed by atoms with van der Waals surface area (Å²) in [4.78, 5) is 0. The van der Waals surface area contributed by atoms with Crippen LogP contribution in [0.25, 0.3) is 0 Å². The molecule has 0 radical (unpaired) electrons. The quantitative estimate of drug-likeness (QED) is 0.464. The first-order valence-corrected chi connectivity index (χ1v) is 11.0. The second-order valence-corrected chi connectivity index (χ2v) is 12.1. The molecule has 2 aromatic rings. The van der Waals surface area contributed by atoms with Gasteiger partial charge in [-0.15, -0.1) is 6.58 Å². The maximum atomic E-state index is 9.90. The third-order valence-corrected chi connectivity index (χ3v) is 10.1. The molecule has 0 bridgehead atoms. The molecule has 0 aromatic heterocycles. The number of benzene rings is 2. The molecule has 0 aliphatic carbocycles. The molecule has 3 rings (SSSR count). The van der Waals surface area contributed by atoms with E-state index in [1.54, 1.807) is 0 Å². The number of hydrogen-bond donors (Lipinski definition) is 1. The van der Waals surface area contributed by atoms with E-state index in [1.807, 2.05) is 12.1 Å². The minimum absolute atomic E-state index is 0.0584. The lowest BCUT2D eigenvalue weighted by Crippen LogP contribution is -2.66. The zero-order chi connectivity index (χ0) is 18.8. The van der Waals surface area contributed by atoms with Gasteiger partial charge in [0, 0.05) is 0 Å². The Kier molecular flexibility index (Phi) is 5.49. The molecule has 3 atom stereocenters. The second kappa shape index (κ2) is 7.49. The lowest BCUT2D eigenvalue weighted by atomic mass is 10.2. The van der Waals surface area contributed by atoms with Crippen LogP contribution >= 0.6 is 0 Å². The molecule has 0 amide bonds. The van der Waals surface area contributed by atoms with Crippen molar-refractivity contribution in [2.24, 2.45) is 0 Å². The Morgan fingerprint density at radius 3 is 2.00 bits per heavy atom. The number of hydrogen-bond acceptors (Lipinski definition) is 3. The van der Waals surface area contributed by atoms with Gasteiger partial charge in [-0.25, -0.2) is 0 Å². The Labute approximate surface area is 157 Å². The van der Waals surface area contributed by atoms with Crippen molar-refractivity contribution in [1.29, 1.82) is 0 Å². The standard InChI is InChI=1S/C22H28O3Si/c1-5-19(23)21-20(25-21)16-24-26(22(2,3)4,17-12-8-6-9-13-17)18-14-10-7-11-15-18/h5-15,19-21,23H,1,16H2,2-4H3/t19-,20+,21-/m0/s1. The predicted molar refractivity (Wildman–Crippen MR) is 108 cm³/mol. The van der Waals surface area contributed by atoms with Crippen LogP contribution in [0.15, 0.2) is 73.3 Å². The van der Waals surface area contributed by atoms with Crippen molar-refractivity contribution in [1.82, 2.24) is 0 Å². The highest BCUT2D eigenvalue weighted by Crippen LogP contribution is 2.38. The van der Waals surface area contributed by atoms with Gasteiger partial charge >= 0.3 is 0 Å². The van der Waals surface area contributed by atoms with E-state index in [4.69, 9.17) is 9.16 Å². The van der Waals surface area contributed by atoms with Gasteiger partial charge < -0.3 is 14.3 Å². The summed E-state index contributed by atoms with van der Waals surface area (Å²) in [6.07, 6.45) is 0.603. The smallest absolute Gasteiger partial charge is 0.261 e. The molecule has 0 spiro atoms. The van der Waals surface area contributed by atoms with Crippen molar-refractivity contribution in [3.63, 3.8) is 0 Å². The van der Waals surface area contributed by atoms with Gasteiger partial charge in [0.2, 0.25) is 0 Å². The van der Waals surface area contributed by atoms with Crippen LogP contribution < -0.4 is 10.4 Å². The van der Waals surface area contributed by atoms with Crippen molar-refractivity contribution < 1.29 is 14.3 Å². The topological polar surface area (TPSA) is 42.0 Å². The molecule has 138 valence electrons. The Balaban J connectivity index is 1.97. The van der Waals surface area contributed by atoms with E-state index in [-0.39, 0.29) is 17.2 Å². The molecule has 1 aliphatic rings. The third-order valence-electron chi connectivity index (χ3n) is 5.08. The maximum absolute atomic E-state index is 9.90. The van der Waals surface area contributed by atoms with E-state index in [9.17, 15) is 5.11 Å². The van der Waals surface area contributed by atoms with Gasteiger partial charge in [0.05, 0.1) is 6.61 Å². The predicted octanol–water partition coefficient (Wildman–Crippen LogP) is 2.88. The summed E-state index contributed by atoms with van der Waals surface area (Å²) < 4.78 is 12.4. The van der Waals surface area contributed by atoms with Crippen LogP contribution in [-0.2, 0) is 9.16 Å². The summed E-state index contributed by atoms with van der Waals surface area (Å²) >= 11 is 0. The largest absolute Gasteiger partial charge is 0.405 e. The van der Waals surface area contributed by atoms with Gasteiger partial charge in [-0.3, -0.25) is 0 Å². The SMILES string of the molecule is C=C[C@H](O)[C@@H]1O[C@@H]1CO[Si](c1ccccc1)(c1ccccc1)C(C)(C)C. The number of aliphatic hydroxyl groups is 1. The zero-order valence-electron chi connectivity index (χ0n) is 15.8. The number of epoxide rings is 1. The van der Waals surface area contributed by atoms with E-state index in [1.165, 1.54) is 16.4 Å². The van der Waals surface area contributed by atoms with Crippen LogP contribution in [0, 0.1) is 0 Å². The van der Waals surface area contributed by atoms with Crippen molar-refractivity contribution in [2.45, 2.75) is 44.1 Å². The van der Waals surface area contributed by atoms with Crippen molar-refractivity contribution >= 4 is 18.7 Å². The molecule has 1 fully saturated rings. The van der Waals surface area contributed by atoms with Crippen LogP contribution in [0.2, 0.25) is 5.04 Å². The molecule has 1 aliphatic heterocycles. The van der Waals surface area contributed by atoms with Gasteiger partial charge in [-0.2, -0.15) is 0 Å². The average molecular weight is 369 g/mol. The summed E-state index contributed by atoms with van der Waals surface area (Å²) in [5.41, 5.74) is 0. The Morgan fingerprint density at radius 1 is 1.08 bits per heavy atom. The van der Waals surface area contributed by atoms with Crippen molar-refractivity contribution in [3.8, 4) is 0 Å². The molecule has 4 heteroatoms. The second-order valence-electron chi connectivity index (χ2n) is 7.84. The third kappa shape index (κ3) is 3.55. The van der Waals surface area contributed by atoms with Gasteiger partial charge in [0.15, 0.2) is 0 Å². The molecular weight excluding hydrogens is 340 g/mol. The lowest BCUT2D eigenvalue weighted by Gasteiger charge is -2.43. The van der Waals surface area contributed by atoms with Gasteiger partial charge in [0.25, 0.3) is 8.32 Å². The van der Waals surface area contributed by atoms with E-state index < -0.39 is 14.4 Å². The molecule has 1 N–H and O–H groups in total. The summed E-state index contributed by atoms with van der Waals surface area (Å²) in [6.45, 7) is 10.9. The van der Waals surface area contributed by atoms with Crippen molar-refractivity contribution in [2.75, 3.05) is 6.61 Å². The Bertz CT molecular complexity index is 685. The van der Waals surface area contributed by atoms with Crippen LogP contribution in [0.1, 0.15) is 20.8 Å². The van der Waals surface area contributed by atoms with Gasteiger partial charge in [-0.05, 0) is 15.4 Å². The summed E-state index contributed by atoms with van der Waals surface area (Å²) in [5, 5.41) is 12.3. The number of rotatable bonds is 7. The van der Waals surface area contributed by atoms with Crippen molar-refractivity contribution in [3.05, 3.63) is 73.3 Å². The first-order valence-electron chi connectivity index (χ1n) is 9.11. The molecule has 0 unspecified atom stereocenters. The Hall–Kier alpha value is -1.72. The highest BCUT2D eigenvalue weighted by molar-refractivity contribution is 6.99. The molecular formula is C22H28O3Si. The first kappa shape index (κ1) is 19.0. The average Bonchev–Trinajstić information content (AvgIpc) is 3.42. The fourth-order valence-electron chi connectivity index (χ4n) is 3.69. The zero-order valence-corrected chi connectivity index (χ0v) is 16.8. The fourth-order valence-corrected chi connectivity index (χ4v) is 8.26. The van der Waals surface area contributed by atoms with Crippen LogP contribution in [0.3, 0.4) is 0 Å². The highest BCUT2D eigenvalue weighted by Gasteiger charge is 2.52. The lowest BCUT2D eigenvalue weighted by molar-refractivity contribution is 0.177. The Morgan fingerprint density at radius 2 is 1.58 bits per heavy atom. The van der Waals surface area contributed by atoms with Gasteiger partial charge in [0.1, 0.15) is 18.3 Å². The molecule has 3 nitrogen and oxygen atoms in total. The summed E-state index contributed by atoms with van der Waals surface area (Å²) in [6, 6.07) is 21.1. The molecule has 1 saturated heterocycles. The normalized spacial score (nSPS) is 21.2. The van der Waals surface area contributed by atoms with Gasteiger partial charge in [-0.1, -0.05) is 87.5 Å². The van der Waals surface area contributed by atoms with Crippen LogP contribution in [0.4, 0.5) is 0 Å². The fraction of sp³-hybridized carbons (Fsp3) is 0.364. The summed E-state index contributed by atoms with van der Waals surface area (Å²) in [7, 11) is -2.53. The highest BCUT2D eigenvalue weighted by atomic mass is 28.4. The minimum Gasteiger partial charge on any atom is -0.405 e. The molecule has 26 heavy (non-hydrogen) atoms. The van der Waals surface area contributed by atoms with E-state index in [0.29, 0.717) is 6.61 Å². The summed E-state index contributed by atoms with van der Waals surface area (Å²) in [5.74, 6) is 0. The number of ether oxygens (including phenoxy) is 1. The monoisotopic (exact) mass is 368 g/mol. The van der Waals surface area contributed by atoms with E-state index >= 15 is 0 Å². The maximum Gasteiger partial charge on any atom is 0.261 e. The molecule has 0 saturated carbocycles. The van der Waals surface area contributed by atoms with E-state index in [0.717, 1.165) is 0 Å². The first-order chi connectivity index (χ1) is 12.4. The molecule has 2 aromatic carbocycles. The van der Waals surface area contributed by atoms with Crippen LogP contribution in [-0.4, -0.2) is 38.3 Å². The minimum atomic E-state index is -2.53. The molecule has 1 heterocycles.